The number of pyridine rings is 1. The molecular weight excluding hydrogens is 216 g/mol. The molecule has 2 N–H and O–H groups in total. The van der Waals surface area contributed by atoms with Crippen LogP contribution in [0, 0.1) is 0 Å². The van der Waals surface area contributed by atoms with Gasteiger partial charge in [-0.25, -0.2) is 9.67 Å². The summed E-state index contributed by atoms with van der Waals surface area (Å²) >= 11 is 5.77. The minimum Gasteiger partial charge on any atom is -0.423 e. The van der Waals surface area contributed by atoms with Crippen molar-refractivity contribution in [2.75, 3.05) is 0 Å². The summed E-state index contributed by atoms with van der Waals surface area (Å²) < 4.78 is 1.53. The van der Waals surface area contributed by atoms with Crippen LogP contribution in [0.3, 0.4) is 0 Å². The molecule has 0 aliphatic rings. The summed E-state index contributed by atoms with van der Waals surface area (Å²) in [4.78, 5) is 3.98. The second-order valence-corrected chi connectivity index (χ2v) is 3.23. The van der Waals surface area contributed by atoms with Crippen LogP contribution in [0.25, 0.3) is 5.82 Å². The highest BCUT2D eigenvalue weighted by atomic mass is 35.5. The van der Waals surface area contributed by atoms with Gasteiger partial charge >= 0.3 is 7.12 Å². The third kappa shape index (κ3) is 2.01. The lowest BCUT2D eigenvalue weighted by molar-refractivity contribution is 0.425. The summed E-state index contributed by atoms with van der Waals surface area (Å²) in [6.07, 6.45) is 3.33. The molecule has 0 aliphatic heterocycles. The first kappa shape index (κ1) is 10.2. The quantitative estimate of drug-likeness (QED) is 0.537. The summed E-state index contributed by atoms with van der Waals surface area (Å²) in [6, 6.07) is 4.86. The van der Waals surface area contributed by atoms with Gasteiger partial charge in [0.25, 0.3) is 0 Å². The average molecular weight is 223 g/mol. The van der Waals surface area contributed by atoms with Crippen LogP contribution in [-0.4, -0.2) is 31.9 Å². The van der Waals surface area contributed by atoms with Gasteiger partial charge in [0, 0.05) is 17.9 Å². The van der Waals surface area contributed by atoms with Gasteiger partial charge in [-0.3, -0.25) is 0 Å². The number of hydrogen-bond acceptors (Lipinski definition) is 4. The van der Waals surface area contributed by atoms with Crippen molar-refractivity contribution in [2.45, 2.75) is 0 Å². The highest BCUT2D eigenvalue weighted by molar-refractivity contribution is 6.62. The molecule has 0 amide bonds. The third-order valence-electron chi connectivity index (χ3n) is 1.88. The Balaban J connectivity index is 2.42. The Morgan fingerprint density at radius 3 is 2.67 bits per heavy atom. The van der Waals surface area contributed by atoms with E-state index in [4.69, 9.17) is 21.6 Å². The predicted molar refractivity (Wildman–Crippen MR) is 56.2 cm³/mol. The fraction of sp³-hybridized carbons (Fsp3) is 0. The van der Waals surface area contributed by atoms with E-state index in [1.807, 2.05) is 0 Å². The smallest absolute Gasteiger partial charge is 0.423 e. The number of nitrogens with zero attached hydrogens (tertiary/aromatic N) is 3. The first-order valence-electron chi connectivity index (χ1n) is 4.21. The average Bonchev–Trinajstić information content (AvgIpc) is 2.69. The van der Waals surface area contributed by atoms with Crippen LogP contribution in [0.2, 0.25) is 5.15 Å². The van der Waals surface area contributed by atoms with Crippen molar-refractivity contribution in [3.63, 3.8) is 0 Å². The maximum Gasteiger partial charge on any atom is 0.491 e. The summed E-state index contributed by atoms with van der Waals surface area (Å²) in [7, 11) is -1.61. The summed E-state index contributed by atoms with van der Waals surface area (Å²) in [5, 5.41) is 21.9. The molecule has 0 unspecified atom stereocenters. The molecule has 0 radical (unpaired) electrons. The minimum absolute atomic E-state index is 0.0537. The topological polar surface area (TPSA) is 71.2 Å². The Morgan fingerprint density at radius 2 is 2.13 bits per heavy atom. The maximum absolute atomic E-state index is 8.93. The Bertz CT molecular complexity index is 461. The molecule has 2 aromatic rings. The molecular formula is C8H7BClN3O2. The summed E-state index contributed by atoms with van der Waals surface area (Å²) in [6.45, 7) is 0. The van der Waals surface area contributed by atoms with Crippen LogP contribution in [0.1, 0.15) is 0 Å². The largest absolute Gasteiger partial charge is 0.491 e. The monoisotopic (exact) mass is 223 g/mol. The molecule has 76 valence electrons. The molecule has 15 heavy (non-hydrogen) atoms. The molecule has 2 aromatic heterocycles. The van der Waals surface area contributed by atoms with E-state index in [0.29, 0.717) is 5.82 Å². The van der Waals surface area contributed by atoms with Crippen molar-refractivity contribution in [3.05, 3.63) is 35.7 Å². The second kappa shape index (κ2) is 4.02. The molecule has 7 heteroatoms. The predicted octanol–water partition coefficient (Wildman–Crippen LogP) is -0.400. The van der Waals surface area contributed by atoms with Gasteiger partial charge in [-0.05, 0) is 12.1 Å². The maximum atomic E-state index is 8.93. The fourth-order valence-electron chi connectivity index (χ4n) is 1.16. The molecule has 2 heterocycles. The minimum atomic E-state index is -1.61. The first-order chi connectivity index (χ1) is 7.18. The Labute approximate surface area is 91.1 Å². The van der Waals surface area contributed by atoms with Gasteiger partial charge in [0.05, 0.1) is 0 Å². The molecule has 0 aliphatic carbocycles. The number of halogens is 1. The highest BCUT2D eigenvalue weighted by Gasteiger charge is 2.16. The molecule has 2 rings (SSSR count). The summed E-state index contributed by atoms with van der Waals surface area (Å²) in [5.74, 6) is 0.523. The van der Waals surface area contributed by atoms with Gasteiger partial charge in [-0.1, -0.05) is 17.7 Å². The van der Waals surface area contributed by atoms with Gasteiger partial charge in [0.1, 0.15) is 5.15 Å². The highest BCUT2D eigenvalue weighted by Crippen LogP contribution is 2.07. The molecule has 0 bridgehead atoms. The van der Waals surface area contributed by atoms with E-state index in [1.165, 1.54) is 10.7 Å². The van der Waals surface area contributed by atoms with Crippen molar-refractivity contribution < 1.29 is 10.0 Å². The lowest BCUT2D eigenvalue weighted by Gasteiger charge is -2.04. The molecule has 5 nitrogen and oxygen atoms in total. The van der Waals surface area contributed by atoms with Crippen LogP contribution >= 0.6 is 11.6 Å². The Morgan fingerprint density at radius 1 is 1.33 bits per heavy atom. The lowest BCUT2D eigenvalue weighted by atomic mass is 9.82. The van der Waals surface area contributed by atoms with Crippen LogP contribution in [-0.2, 0) is 0 Å². The Hall–Kier alpha value is -1.37. The number of aromatic nitrogens is 3. The standard InChI is InChI=1S/C8H7BClN3O2/c10-8-6(9(14)15)2-3-7(12-8)13-5-1-4-11-13/h1-5,14-15H. The zero-order chi connectivity index (χ0) is 10.8. The SMILES string of the molecule is OB(O)c1ccc(-n2cccn2)nc1Cl. The molecule has 0 aromatic carbocycles. The summed E-state index contributed by atoms with van der Waals surface area (Å²) in [5.41, 5.74) is 0.174. The molecule has 0 atom stereocenters. The van der Waals surface area contributed by atoms with E-state index in [1.54, 1.807) is 24.5 Å². The molecule has 0 saturated heterocycles. The van der Waals surface area contributed by atoms with Crippen molar-refractivity contribution in [1.29, 1.82) is 0 Å². The van der Waals surface area contributed by atoms with Crippen LogP contribution < -0.4 is 5.46 Å². The number of hydrogen-bond donors (Lipinski definition) is 2. The van der Waals surface area contributed by atoms with E-state index in [9.17, 15) is 0 Å². The zero-order valence-electron chi connectivity index (χ0n) is 7.58. The van der Waals surface area contributed by atoms with Crippen molar-refractivity contribution in [3.8, 4) is 5.82 Å². The van der Waals surface area contributed by atoms with Crippen LogP contribution in [0.4, 0.5) is 0 Å². The van der Waals surface area contributed by atoms with Gasteiger partial charge in [-0.2, -0.15) is 5.10 Å². The fourth-order valence-corrected chi connectivity index (χ4v) is 1.41. The normalized spacial score (nSPS) is 10.3. The van der Waals surface area contributed by atoms with E-state index in [2.05, 4.69) is 10.1 Å². The van der Waals surface area contributed by atoms with Crippen molar-refractivity contribution >= 4 is 24.2 Å². The Kier molecular flexibility index (Phi) is 2.72. The van der Waals surface area contributed by atoms with Gasteiger partial charge in [0.15, 0.2) is 5.82 Å². The zero-order valence-corrected chi connectivity index (χ0v) is 8.33. The first-order valence-corrected chi connectivity index (χ1v) is 4.59. The van der Waals surface area contributed by atoms with E-state index >= 15 is 0 Å². The van der Waals surface area contributed by atoms with Crippen molar-refractivity contribution in [1.82, 2.24) is 14.8 Å². The van der Waals surface area contributed by atoms with E-state index in [-0.39, 0.29) is 10.6 Å². The van der Waals surface area contributed by atoms with Crippen molar-refractivity contribution in [2.24, 2.45) is 0 Å². The molecule has 0 fully saturated rings. The molecule has 0 spiro atoms. The number of rotatable bonds is 2. The van der Waals surface area contributed by atoms with Gasteiger partial charge < -0.3 is 10.0 Å². The lowest BCUT2D eigenvalue weighted by Crippen LogP contribution is -2.31. The van der Waals surface area contributed by atoms with Crippen LogP contribution in [0.5, 0.6) is 0 Å². The van der Waals surface area contributed by atoms with Gasteiger partial charge in [0.2, 0.25) is 0 Å². The van der Waals surface area contributed by atoms with Crippen LogP contribution in [0.15, 0.2) is 30.6 Å². The van der Waals surface area contributed by atoms with Gasteiger partial charge in [-0.15, -0.1) is 0 Å². The second-order valence-electron chi connectivity index (χ2n) is 2.87. The van der Waals surface area contributed by atoms with E-state index < -0.39 is 7.12 Å². The molecule has 0 saturated carbocycles. The third-order valence-corrected chi connectivity index (χ3v) is 2.18. The van der Waals surface area contributed by atoms with E-state index in [0.717, 1.165) is 0 Å².